The lowest BCUT2D eigenvalue weighted by Gasteiger charge is -2.28. The molecule has 1 aliphatic heterocycles. The Kier molecular flexibility index (Phi) is 5.71. The molecule has 0 saturated carbocycles. The first-order chi connectivity index (χ1) is 9.78. The van der Waals surface area contributed by atoms with Crippen LogP contribution in [0.2, 0.25) is 0 Å². The van der Waals surface area contributed by atoms with Crippen molar-refractivity contribution in [3.05, 3.63) is 0 Å². The van der Waals surface area contributed by atoms with Crippen molar-refractivity contribution in [1.82, 2.24) is 0 Å². The van der Waals surface area contributed by atoms with Gasteiger partial charge in [0.15, 0.2) is 5.79 Å². The molecule has 13 heteroatoms. The Bertz CT molecular complexity index is 538. The maximum absolute atomic E-state index is 12.5. The van der Waals surface area contributed by atoms with Crippen molar-refractivity contribution in [2.24, 2.45) is 0 Å². The summed E-state index contributed by atoms with van der Waals surface area (Å²) in [6.45, 7) is 2.52. The molecule has 1 rings (SSSR count). The molecule has 1 aliphatic rings. The maximum Gasteiger partial charge on any atom is 0.523 e. The Labute approximate surface area is 125 Å². The standard InChI is InChI=1S/C9H16F3O8PS/c1-8(2)18-5-6(19-8)7(21(13,16-3)17-4)20-22(14,15)9(10,11)12/h6-7H,5H2,1-4H3/t6?,7-/m1/s1. The lowest BCUT2D eigenvalue weighted by Crippen LogP contribution is -2.39. The quantitative estimate of drug-likeness (QED) is 0.396. The third kappa shape index (κ3) is 4.19. The molecule has 2 atom stereocenters. The van der Waals surface area contributed by atoms with Crippen molar-refractivity contribution in [2.45, 2.75) is 37.1 Å². The topological polar surface area (TPSA) is 97.4 Å². The van der Waals surface area contributed by atoms with Gasteiger partial charge in [-0.2, -0.15) is 21.6 Å². The molecule has 0 radical (unpaired) electrons. The van der Waals surface area contributed by atoms with Gasteiger partial charge >= 0.3 is 23.2 Å². The van der Waals surface area contributed by atoms with Crippen LogP contribution in [0, 0.1) is 0 Å². The van der Waals surface area contributed by atoms with Crippen molar-refractivity contribution in [3.8, 4) is 0 Å². The zero-order valence-corrected chi connectivity index (χ0v) is 13.8. The monoisotopic (exact) mass is 372 g/mol. The highest BCUT2D eigenvalue weighted by molar-refractivity contribution is 7.87. The molecule has 0 aromatic carbocycles. The van der Waals surface area contributed by atoms with Crippen LogP contribution < -0.4 is 0 Å². The Morgan fingerprint density at radius 1 is 1.27 bits per heavy atom. The highest BCUT2D eigenvalue weighted by atomic mass is 32.2. The summed E-state index contributed by atoms with van der Waals surface area (Å²) in [7, 11) is -8.66. The van der Waals surface area contributed by atoms with Crippen LogP contribution in [0.5, 0.6) is 0 Å². The predicted octanol–water partition coefficient (Wildman–Crippen LogP) is 1.82. The van der Waals surface area contributed by atoms with E-state index in [0.717, 1.165) is 14.2 Å². The second kappa shape index (κ2) is 6.34. The van der Waals surface area contributed by atoms with E-state index in [0.29, 0.717) is 0 Å². The lowest BCUT2D eigenvalue weighted by atomic mass is 10.4. The van der Waals surface area contributed by atoms with E-state index in [1.54, 1.807) is 0 Å². The molecular formula is C9H16F3O8PS. The fourth-order valence-electron chi connectivity index (χ4n) is 1.64. The van der Waals surface area contributed by atoms with Crippen LogP contribution in [0.15, 0.2) is 0 Å². The lowest BCUT2D eigenvalue weighted by molar-refractivity contribution is -0.145. The molecule has 8 nitrogen and oxygen atoms in total. The second-order valence-electron chi connectivity index (χ2n) is 4.66. The van der Waals surface area contributed by atoms with Gasteiger partial charge in [-0.15, -0.1) is 0 Å². The normalized spacial score (nSPS) is 24.4. The Morgan fingerprint density at radius 3 is 2.09 bits per heavy atom. The summed E-state index contributed by atoms with van der Waals surface area (Å²) in [5.74, 6) is -3.39. The van der Waals surface area contributed by atoms with Gasteiger partial charge in [0.25, 0.3) is 0 Å². The third-order valence-corrected chi connectivity index (χ3v) is 5.93. The van der Waals surface area contributed by atoms with Crippen LogP contribution in [-0.2, 0) is 37.4 Å². The molecule has 0 aromatic rings. The van der Waals surface area contributed by atoms with Gasteiger partial charge in [0.1, 0.15) is 6.10 Å². The van der Waals surface area contributed by atoms with E-state index in [2.05, 4.69) is 13.2 Å². The van der Waals surface area contributed by atoms with Crippen molar-refractivity contribution in [1.29, 1.82) is 0 Å². The van der Waals surface area contributed by atoms with E-state index in [4.69, 9.17) is 9.47 Å². The first kappa shape index (κ1) is 19.8. The van der Waals surface area contributed by atoms with E-state index >= 15 is 0 Å². The van der Waals surface area contributed by atoms with Crippen molar-refractivity contribution in [3.63, 3.8) is 0 Å². The molecule has 0 bridgehead atoms. The second-order valence-corrected chi connectivity index (χ2v) is 8.54. The van der Waals surface area contributed by atoms with E-state index in [9.17, 15) is 26.2 Å². The van der Waals surface area contributed by atoms with E-state index in [1.807, 2.05) is 0 Å². The van der Waals surface area contributed by atoms with Crippen LogP contribution in [0.4, 0.5) is 13.2 Å². The first-order valence-electron chi connectivity index (χ1n) is 5.80. The largest absolute Gasteiger partial charge is 0.523 e. The van der Waals surface area contributed by atoms with Gasteiger partial charge in [0.05, 0.1) is 6.61 Å². The number of hydrogen-bond acceptors (Lipinski definition) is 8. The Balaban J connectivity index is 3.17. The number of ether oxygens (including phenoxy) is 2. The molecule has 0 amide bonds. The molecule has 1 saturated heterocycles. The van der Waals surface area contributed by atoms with Crippen molar-refractivity contribution >= 4 is 17.7 Å². The zero-order valence-electron chi connectivity index (χ0n) is 12.1. The fourth-order valence-corrected chi connectivity index (χ4v) is 4.01. The van der Waals surface area contributed by atoms with Gasteiger partial charge in [0.2, 0.25) is 5.85 Å². The number of hydrogen-bond donors (Lipinski definition) is 0. The van der Waals surface area contributed by atoms with Crippen LogP contribution in [-0.4, -0.2) is 52.5 Å². The molecule has 1 heterocycles. The Hall–Kier alpha value is -0.230. The molecule has 0 N–H and O–H groups in total. The van der Waals surface area contributed by atoms with E-state index in [-0.39, 0.29) is 6.61 Å². The van der Waals surface area contributed by atoms with Gasteiger partial charge in [-0.25, -0.2) is 4.18 Å². The first-order valence-corrected chi connectivity index (χ1v) is 8.82. The molecule has 1 fully saturated rings. The molecule has 22 heavy (non-hydrogen) atoms. The van der Waals surface area contributed by atoms with Crippen LogP contribution in [0.25, 0.3) is 0 Å². The van der Waals surface area contributed by atoms with Gasteiger partial charge in [-0.1, -0.05) is 0 Å². The van der Waals surface area contributed by atoms with Crippen LogP contribution in [0.1, 0.15) is 13.8 Å². The number of rotatable bonds is 6. The summed E-state index contributed by atoms with van der Waals surface area (Å²) in [6, 6.07) is 0. The molecule has 0 aliphatic carbocycles. The van der Waals surface area contributed by atoms with Gasteiger partial charge in [-0.05, 0) is 13.8 Å². The number of halogens is 3. The molecular weight excluding hydrogens is 356 g/mol. The summed E-state index contributed by atoms with van der Waals surface area (Å²) in [5.41, 5.74) is -5.70. The molecule has 0 spiro atoms. The third-order valence-electron chi connectivity index (χ3n) is 2.68. The minimum Gasteiger partial charge on any atom is -0.348 e. The maximum atomic E-state index is 12.5. The van der Waals surface area contributed by atoms with Gasteiger partial charge < -0.3 is 18.5 Å². The van der Waals surface area contributed by atoms with Gasteiger partial charge in [-0.3, -0.25) is 4.57 Å². The van der Waals surface area contributed by atoms with E-state index < -0.39 is 41.0 Å². The van der Waals surface area contributed by atoms with Gasteiger partial charge in [0, 0.05) is 14.2 Å². The predicted molar refractivity (Wildman–Crippen MR) is 66.4 cm³/mol. The summed E-state index contributed by atoms with van der Waals surface area (Å²) in [6.07, 6.45) is -1.40. The smallest absolute Gasteiger partial charge is 0.348 e. The average Bonchev–Trinajstić information content (AvgIpc) is 2.74. The van der Waals surface area contributed by atoms with E-state index in [1.165, 1.54) is 13.8 Å². The summed E-state index contributed by atoms with van der Waals surface area (Å²) in [5, 5.41) is 0. The minimum absolute atomic E-state index is 0.359. The summed E-state index contributed by atoms with van der Waals surface area (Å²) >= 11 is 0. The Morgan fingerprint density at radius 2 is 1.77 bits per heavy atom. The number of alkyl halides is 3. The molecule has 0 aromatic heterocycles. The highest BCUT2D eigenvalue weighted by Crippen LogP contribution is 2.56. The molecule has 132 valence electrons. The minimum atomic E-state index is -6.04. The molecule has 1 unspecified atom stereocenters. The fraction of sp³-hybridized carbons (Fsp3) is 1.00. The zero-order chi connectivity index (χ0) is 17.4. The van der Waals surface area contributed by atoms with Crippen LogP contribution >= 0.6 is 7.60 Å². The highest BCUT2D eigenvalue weighted by Gasteiger charge is 2.56. The summed E-state index contributed by atoms with van der Waals surface area (Å²) < 4.78 is 95.5. The average molecular weight is 372 g/mol. The van der Waals surface area contributed by atoms with Crippen molar-refractivity contribution in [2.75, 3.05) is 20.8 Å². The SMILES string of the molecule is COP(=O)(OC)[C@@H](OS(=O)(=O)C(F)(F)F)C1COC(C)(C)O1. The van der Waals surface area contributed by atoms with Crippen LogP contribution in [0.3, 0.4) is 0 Å². The van der Waals surface area contributed by atoms with Crippen molar-refractivity contribution < 1.29 is 48.9 Å². The summed E-state index contributed by atoms with van der Waals surface area (Å²) in [4.78, 5) is 0.